The molecular formula is C13H21N3O2. The number of carbonyl (C=O) groups is 1. The van der Waals surface area contributed by atoms with Crippen LogP contribution in [0.5, 0.6) is 0 Å². The highest BCUT2D eigenvalue weighted by atomic mass is 16.3. The van der Waals surface area contributed by atoms with Gasteiger partial charge in [-0.2, -0.15) is 0 Å². The molecular weight excluding hydrogens is 230 g/mol. The van der Waals surface area contributed by atoms with Crippen molar-refractivity contribution < 1.29 is 9.90 Å². The molecule has 18 heavy (non-hydrogen) atoms. The number of benzene rings is 1. The van der Waals surface area contributed by atoms with Crippen LogP contribution in [0.4, 0.5) is 11.4 Å². The first-order chi connectivity index (χ1) is 8.49. The minimum absolute atomic E-state index is 0.0620. The van der Waals surface area contributed by atoms with Gasteiger partial charge in [0.05, 0.1) is 24.0 Å². The predicted octanol–water partition coefficient (Wildman–Crippen LogP) is 0.836. The van der Waals surface area contributed by atoms with E-state index in [0.29, 0.717) is 17.7 Å². The molecule has 0 heterocycles. The Hall–Kier alpha value is -1.75. The van der Waals surface area contributed by atoms with E-state index in [1.165, 1.54) is 0 Å². The Balaban J connectivity index is 2.84. The van der Waals surface area contributed by atoms with Gasteiger partial charge in [0, 0.05) is 19.7 Å². The van der Waals surface area contributed by atoms with Crippen LogP contribution in [-0.2, 0) is 0 Å². The van der Waals surface area contributed by atoms with Gasteiger partial charge in [-0.15, -0.1) is 0 Å². The fraction of sp³-hybridized carbons (Fsp3) is 0.462. The average molecular weight is 251 g/mol. The Bertz CT molecular complexity index is 415. The van der Waals surface area contributed by atoms with Crippen LogP contribution in [0.3, 0.4) is 0 Å². The van der Waals surface area contributed by atoms with Gasteiger partial charge >= 0.3 is 0 Å². The number of hydrogen-bond acceptors (Lipinski definition) is 4. The lowest BCUT2D eigenvalue weighted by molar-refractivity contribution is 0.0915. The van der Waals surface area contributed by atoms with Gasteiger partial charge in [-0.3, -0.25) is 4.79 Å². The van der Waals surface area contributed by atoms with Gasteiger partial charge in [0.15, 0.2) is 0 Å². The van der Waals surface area contributed by atoms with E-state index in [0.717, 1.165) is 5.69 Å². The van der Waals surface area contributed by atoms with Gasteiger partial charge in [-0.25, -0.2) is 0 Å². The van der Waals surface area contributed by atoms with Crippen LogP contribution in [0.2, 0.25) is 0 Å². The summed E-state index contributed by atoms with van der Waals surface area (Å²) in [7, 11) is 3.79. The molecule has 0 bridgehead atoms. The number of nitrogen functional groups attached to an aromatic ring is 1. The zero-order valence-electron chi connectivity index (χ0n) is 11.1. The zero-order chi connectivity index (χ0) is 13.7. The van der Waals surface area contributed by atoms with E-state index in [4.69, 9.17) is 10.8 Å². The molecule has 0 unspecified atom stereocenters. The molecule has 0 radical (unpaired) electrons. The summed E-state index contributed by atoms with van der Waals surface area (Å²) in [6.45, 7) is 1.85. The summed E-state index contributed by atoms with van der Waals surface area (Å²) in [5.41, 5.74) is 7.83. The van der Waals surface area contributed by atoms with E-state index >= 15 is 0 Å². The number of rotatable bonds is 5. The van der Waals surface area contributed by atoms with E-state index in [1.54, 1.807) is 12.1 Å². The molecule has 4 N–H and O–H groups in total. The van der Waals surface area contributed by atoms with Crippen molar-refractivity contribution in [2.75, 3.05) is 31.3 Å². The van der Waals surface area contributed by atoms with E-state index in [1.807, 2.05) is 32.0 Å². The van der Waals surface area contributed by atoms with Crippen LogP contribution in [-0.4, -0.2) is 37.8 Å². The third-order valence-corrected chi connectivity index (χ3v) is 2.82. The van der Waals surface area contributed by atoms with Gasteiger partial charge in [0.25, 0.3) is 5.91 Å². The number of amides is 1. The zero-order valence-corrected chi connectivity index (χ0v) is 11.1. The van der Waals surface area contributed by atoms with E-state index < -0.39 is 0 Å². The molecule has 0 spiro atoms. The molecule has 1 aromatic rings. The maximum Gasteiger partial charge on any atom is 0.251 e. The maximum atomic E-state index is 11.9. The number of carbonyl (C=O) groups excluding carboxylic acids is 1. The lowest BCUT2D eigenvalue weighted by atomic mass is 10.1. The summed E-state index contributed by atoms with van der Waals surface area (Å²) >= 11 is 0. The topological polar surface area (TPSA) is 78.6 Å². The summed E-state index contributed by atoms with van der Waals surface area (Å²) in [6, 6.07) is 4.97. The highest BCUT2D eigenvalue weighted by Gasteiger charge is 2.12. The minimum atomic E-state index is -0.216. The van der Waals surface area contributed by atoms with Crippen molar-refractivity contribution in [3.8, 4) is 0 Å². The van der Waals surface area contributed by atoms with Crippen LogP contribution in [0.25, 0.3) is 0 Å². The summed E-state index contributed by atoms with van der Waals surface area (Å²) in [4.78, 5) is 13.8. The molecule has 0 saturated heterocycles. The van der Waals surface area contributed by atoms with Crippen LogP contribution < -0.4 is 16.0 Å². The van der Waals surface area contributed by atoms with Crippen molar-refractivity contribution in [2.24, 2.45) is 0 Å². The minimum Gasteiger partial charge on any atom is -0.397 e. The first-order valence-corrected chi connectivity index (χ1v) is 5.98. The van der Waals surface area contributed by atoms with Gasteiger partial charge in [-0.05, 0) is 24.6 Å². The third-order valence-electron chi connectivity index (χ3n) is 2.82. The maximum absolute atomic E-state index is 11.9. The number of nitrogens with one attached hydrogen (secondary N) is 1. The molecule has 0 aliphatic carbocycles. The summed E-state index contributed by atoms with van der Waals surface area (Å²) in [6.07, 6.45) is 0.688. The third kappa shape index (κ3) is 3.37. The number of hydrogen-bond donors (Lipinski definition) is 3. The number of nitrogens with two attached hydrogens (primary N) is 1. The molecule has 1 rings (SSSR count). The molecule has 0 saturated carbocycles. The van der Waals surface area contributed by atoms with Crippen molar-refractivity contribution in [3.63, 3.8) is 0 Å². The monoisotopic (exact) mass is 251 g/mol. The Morgan fingerprint density at radius 3 is 2.61 bits per heavy atom. The largest absolute Gasteiger partial charge is 0.397 e. The highest BCUT2D eigenvalue weighted by molar-refractivity contribution is 5.96. The summed E-state index contributed by atoms with van der Waals surface area (Å²) in [5.74, 6) is -0.215. The Labute approximate surface area is 108 Å². The smallest absolute Gasteiger partial charge is 0.251 e. The van der Waals surface area contributed by atoms with Crippen LogP contribution in [0.1, 0.15) is 23.7 Å². The molecule has 0 aromatic heterocycles. The van der Waals surface area contributed by atoms with Crippen molar-refractivity contribution in [1.29, 1.82) is 0 Å². The molecule has 0 fully saturated rings. The Morgan fingerprint density at radius 2 is 2.17 bits per heavy atom. The second kappa shape index (κ2) is 6.26. The van der Waals surface area contributed by atoms with E-state index in [9.17, 15) is 4.79 Å². The van der Waals surface area contributed by atoms with Crippen LogP contribution in [0.15, 0.2) is 18.2 Å². The highest BCUT2D eigenvalue weighted by Crippen LogP contribution is 2.22. The first-order valence-electron chi connectivity index (χ1n) is 5.98. The van der Waals surface area contributed by atoms with Crippen molar-refractivity contribution >= 4 is 17.3 Å². The molecule has 0 aliphatic heterocycles. The SMILES string of the molecule is CC[C@@H](CO)NC(=O)c1ccc(N(C)C)c(N)c1. The molecule has 5 heteroatoms. The number of aliphatic hydroxyl groups is 1. The van der Waals surface area contributed by atoms with Crippen molar-refractivity contribution in [1.82, 2.24) is 5.32 Å². The number of nitrogens with zero attached hydrogens (tertiary/aromatic N) is 1. The second-order valence-electron chi connectivity index (χ2n) is 4.43. The number of aliphatic hydroxyl groups excluding tert-OH is 1. The van der Waals surface area contributed by atoms with Gasteiger partial charge in [-0.1, -0.05) is 6.92 Å². The average Bonchev–Trinajstić information content (AvgIpc) is 2.34. The lowest BCUT2D eigenvalue weighted by Crippen LogP contribution is -2.36. The molecule has 1 amide bonds. The fourth-order valence-corrected chi connectivity index (χ4v) is 1.65. The van der Waals surface area contributed by atoms with Gasteiger partial charge < -0.3 is 21.1 Å². The standard InChI is InChI=1S/C13H21N3O2/c1-4-10(8-17)15-13(18)9-5-6-12(16(2)3)11(14)7-9/h5-7,10,17H,4,8,14H2,1-3H3,(H,15,18)/t10-/m0/s1. The molecule has 0 aliphatic rings. The Morgan fingerprint density at radius 1 is 1.50 bits per heavy atom. The van der Waals surface area contributed by atoms with Crippen LogP contribution in [0, 0.1) is 0 Å². The summed E-state index contributed by atoms with van der Waals surface area (Å²) in [5, 5.41) is 11.8. The number of anilines is 2. The van der Waals surface area contributed by atoms with E-state index in [2.05, 4.69) is 5.32 Å². The van der Waals surface area contributed by atoms with Crippen LogP contribution >= 0.6 is 0 Å². The second-order valence-corrected chi connectivity index (χ2v) is 4.43. The molecule has 1 atom stereocenters. The molecule has 5 nitrogen and oxygen atoms in total. The molecule has 1 aromatic carbocycles. The van der Waals surface area contributed by atoms with Gasteiger partial charge in [0.2, 0.25) is 0 Å². The normalized spacial score (nSPS) is 12.0. The summed E-state index contributed by atoms with van der Waals surface area (Å²) < 4.78 is 0. The van der Waals surface area contributed by atoms with Gasteiger partial charge in [0.1, 0.15) is 0 Å². The van der Waals surface area contributed by atoms with E-state index in [-0.39, 0.29) is 18.6 Å². The Kier molecular flexibility index (Phi) is 4.97. The molecule has 100 valence electrons. The van der Waals surface area contributed by atoms with Crippen molar-refractivity contribution in [2.45, 2.75) is 19.4 Å². The first kappa shape index (κ1) is 14.3. The quantitative estimate of drug-likeness (QED) is 0.677. The lowest BCUT2D eigenvalue weighted by Gasteiger charge is -2.17. The predicted molar refractivity (Wildman–Crippen MR) is 73.8 cm³/mol. The van der Waals surface area contributed by atoms with Crippen molar-refractivity contribution in [3.05, 3.63) is 23.8 Å². The fourth-order valence-electron chi connectivity index (χ4n) is 1.65.